The molecule has 5 nitrogen and oxygen atoms in total. The average molecular weight is 340 g/mol. The fourth-order valence-electron chi connectivity index (χ4n) is 2.59. The Hall–Kier alpha value is -2.44. The minimum atomic E-state index is -0.0853. The summed E-state index contributed by atoms with van der Waals surface area (Å²) in [5.41, 5.74) is 8.98. The fraction of sp³-hybridized carbons (Fsp3) is 0.222. The lowest BCUT2D eigenvalue weighted by Gasteiger charge is -2.16. The van der Waals surface area contributed by atoms with Gasteiger partial charge in [-0.25, -0.2) is 0 Å². The van der Waals surface area contributed by atoms with Gasteiger partial charge in [-0.2, -0.15) is 5.10 Å². The quantitative estimate of drug-likeness (QED) is 0.645. The van der Waals surface area contributed by atoms with Crippen molar-refractivity contribution in [2.75, 3.05) is 6.54 Å². The first-order valence-corrected chi connectivity index (χ1v) is 8.64. The predicted octanol–water partition coefficient (Wildman–Crippen LogP) is 2.75. The summed E-state index contributed by atoms with van der Waals surface area (Å²) < 4.78 is 0. The number of rotatable bonds is 6. The van der Waals surface area contributed by atoms with E-state index in [4.69, 9.17) is 5.73 Å². The molecule has 0 aliphatic rings. The number of aromatic nitrogens is 2. The number of carbonyl (C=O) groups is 1. The highest BCUT2D eigenvalue weighted by Crippen LogP contribution is 2.30. The van der Waals surface area contributed by atoms with Crippen LogP contribution in [0, 0.1) is 6.92 Å². The number of nitrogens with one attached hydrogen (secondary N) is 2. The molecule has 1 atom stereocenters. The Morgan fingerprint density at radius 1 is 1.33 bits per heavy atom. The van der Waals surface area contributed by atoms with Crippen molar-refractivity contribution in [3.63, 3.8) is 0 Å². The van der Waals surface area contributed by atoms with Crippen molar-refractivity contribution in [3.8, 4) is 10.6 Å². The van der Waals surface area contributed by atoms with E-state index in [1.807, 2.05) is 49.4 Å². The molecule has 124 valence electrons. The minimum absolute atomic E-state index is 0.0831. The summed E-state index contributed by atoms with van der Waals surface area (Å²) in [6, 6.07) is 13.8. The van der Waals surface area contributed by atoms with Gasteiger partial charge in [0.05, 0.1) is 15.4 Å². The number of aryl methyl sites for hydroxylation is 1. The van der Waals surface area contributed by atoms with Crippen molar-refractivity contribution in [1.29, 1.82) is 0 Å². The molecule has 6 heteroatoms. The van der Waals surface area contributed by atoms with E-state index in [2.05, 4.69) is 15.5 Å². The van der Waals surface area contributed by atoms with Gasteiger partial charge in [-0.1, -0.05) is 30.3 Å². The Morgan fingerprint density at radius 3 is 2.79 bits per heavy atom. The predicted molar refractivity (Wildman–Crippen MR) is 97.1 cm³/mol. The number of aromatic amines is 1. The molecule has 0 saturated carbocycles. The summed E-state index contributed by atoms with van der Waals surface area (Å²) in [5.74, 6) is -0.0831. The minimum Gasteiger partial charge on any atom is -0.347 e. The third kappa shape index (κ3) is 3.72. The van der Waals surface area contributed by atoms with Gasteiger partial charge in [0.1, 0.15) is 0 Å². The number of nitrogens with zero attached hydrogens (tertiary/aromatic N) is 1. The number of H-pyrrole nitrogens is 1. The molecule has 1 amide bonds. The molecule has 0 aliphatic heterocycles. The number of carbonyl (C=O) groups excluding carboxylic acids is 1. The van der Waals surface area contributed by atoms with E-state index in [9.17, 15) is 4.79 Å². The molecule has 0 saturated heterocycles. The molecule has 0 bridgehead atoms. The molecule has 4 N–H and O–H groups in total. The van der Waals surface area contributed by atoms with Gasteiger partial charge in [0.25, 0.3) is 5.91 Å². The summed E-state index contributed by atoms with van der Waals surface area (Å²) in [6.07, 6.45) is 2.43. The van der Waals surface area contributed by atoms with E-state index in [1.54, 1.807) is 6.20 Å². The Morgan fingerprint density at radius 2 is 2.12 bits per heavy atom. The Kier molecular flexibility index (Phi) is 5.08. The van der Waals surface area contributed by atoms with E-state index in [0.717, 1.165) is 28.1 Å². The highest BCUT2D eigenvalue weighted by Gasteiger charge is 2.17. The largest absolute Gasteiger partial charge is 0.347 e. The first kappa shape index (κ1) is 16.4. The second-order valence-electron chi connectivity index (χ2n) is 5.69. The van der Waals surface area contributed by atoms with Crippen LogP contribution >= 0.6 is 11.3 Å². The summed E-state index contributed by atoms with van der Waals surface area (Å²) >= 11 is 1.46. The van der Waals surface area contributed by atoms with Gasteiger partial charge in [-0.05, 0) is 36.6 Å². The van der Waals surface area contributed by atoms with Crippen molar-refractivity contribution < 1.29 is 4.79 Å². The molecule has 3 aromatic rings. The van der Waals surface area contributed by atoms with E-state index < -0.39 is 0 Å². The van der Waals surface area contributed by atoms with Crippen molar-refractivity contribution in [3.05, 3.63) is 64.7 Å². The van der Waals surface area contributed by atoms with Crippen LogP contribution < -0.4 is 11.1 Å². The number of hydrogen-bond donors (Lipinski definition) is 3. The SMILES string of the molecule is Cc1cc(C(=O)NC(CN)Cc2ccccc2)sc1-c1ccn[nH]1. The van der Waals surface area contributed by atoms with Gasteiger partial charge in [0.15, 0.2) is 0 Å². The summed E-state index contributed by atoms with van der Waals surface area (Å²) in [4.78, 5) is 14.3. The van der Waals surface area contributed by atoms with Gasteiger partial charge >= 0.3 is 0 Å². The molecule has 1 aromatic carbocycles. The summed E-state index contributed by atoms with van der Waals surface area (Å²) in [6.45, 7) is 2.40. The van der Waals surface area contributed by atoms with E-state index >= 15 is 0 Å². The summed E-state index contributed by atoms with van der Waals surface area (Å²) in [5, 5.41) is 9.94. The molecular weight excluding hydrogens is 320 g/mol. The molecular formula is C18H20N4OS. The fourth-order valence-corrected chi connectivity index (χ4v) is 3.64. The maximum Gasteiger partial charge on any atom is 0.261 e. The normalized spacial score (nSPS) is 12.1. The summed E-state index contributed by atoms with van der Waals surface area (Å²) in [7, 11) is 0. The van der Waals surface area contributed by atoms with Crippen LogP contribution in [0.4, 0.5) is 0 Å². The third-order valence-electron chi connectivity index (χ3n) is 3.83. The zero-order valence-electron chi connectivity index (χ0n) is 13.5. The number of benzene rings is 1. The molecule has 0 aliphatic carbocycles. The van der Waals surface area contributed by atoms with Crippen LogP contribution in [0.1, 0.15) is 20.8 Å². The maximum atomic E-state index is 12.6. The van der Waals surface area contributed by atoms with Crippen molar-refractivity contribution in [1.82, 2.24) is 15.5 Å². The zero-order chi connectivity index (χ0) is 16.9. The van der Waals surface area contributed by atoms with Gasteiger partial charge in [-0.3, -0.25) is 9.89 Å². The number of thiophene rings is 1. The van der Waals surface area contributed by atoms with Gasteiger partial charge < -0.3 is 11.1 Å². The molecule has 3 rings (SSSR count). The van der Waals surface area contributed by atoms with Crippen LogP contribution in [0.15, 0.2) is 48.7 Å². The number of amides is 1. The van der Waals surface area contributed by atoms with Crippen LogP contribution in [0.3, 0.4) is 0 Å². The average Bonchev–Trinajstić information content (AvgIpc) is 3.24. The Balaban J connectivity index is 1.71. The standard InChI is InChI=1S/C18H20N4OS/c1-12-9-16(24-17(12)15-7-8-20-22-15)18(23)21-14(11-19)10-13-5-3-2-4-6-13/h2-9,14H,10-11,19H2,1H3,(H,20,22)(H,21,23). The number of nitrogens with two attached hydrogens (primary N) is 1. The van der Waals surface area contributed by atoms with Gasteiger partial charge in [0.2, 0.25) is 0 Å². The van der Waals surface area contributed by atoms with Gasteiger partial charge in [0, 0.05) is 18.8 Å². The highest BCUT2D eigenvalue weighted by atomic mass is 32.1. The van der Waals surface area contributed by atoms with E-state index in [1.165, 1.54) is 11.3 Å². The van der Waals surface area contributed by atoms with Crippen molar-refractivity contribution in [2.45, 2.75) is 19.4 Å². The van der Waals surface area contributed by atoms with Gasteiger partial charge in [-0.15, -0.1) is 11.3 Å². The van der Waals surface area contributed by atoms with Crippen molar-refractivity contribution >= 4 is 17.2 Å². The Bertz CT molecular complexity index is 796. The van der Waals surface area contributed by atoms with Crippen LogP contribution in [0.5, 0.6) is 0 Å². The Labute approximate surface area is 144 Å². The molecule has 0 spiro atoms. The van der Waals surface area contributed by atoms with Crippen LogP contribution in [-0.2, 0) is 6.42 Å². The molecule has 2 aromatic heterocycles. The zero-order valence-corrected chi connectivity index (χ0v) is 14.3. The monoisotopic (exact) mass is 340 g/mol. The maximum absolute atomic E-state index is 12.6. The second-order valence-corrected chi connectivity index (χ2v) is 6.74. The highest BCUT2D eigenvalue weighted by molar-refractivity contribution is 7.17. The van der Waals surface area contributed by atoms with E-state index in [0.29, 0.717) is 11.4 Å². The molecule has 24 heavy (non-hydrogen) atoms. The topological polar surface area (TPSA) is 83.8 Å². The third-order valence-corrected chi connectivity index (χ3v) is 5.10. The van der Waals surface area contributed by atoms with Crippen LogP contribution in [0.2, 0.25) is 0 Å². The molecule has 0 fully saturated rings. The molecule has 0 radical (unpaired) electrons. The molecule has 2 heterocycles. The van der Waals surface area contributed by atoms with Crippen molar-refractivity contribution in [2.24, 2.45) is 5.73 Å². The van der Waals surface area contributed by atoms with Crippen LogP contribution in [0.25, 0.3) is 10.6 Å². The number of hydrogen-bond acceptors (Lipinski definition) is 4. The lowest BCUT2D eigenvalue weighted by molar-refractivity contribution is 0.0942. The first-order valence-electron chi connectivity index (χ1n) is 7.82. The lowest BCUT2D eigenvalue weighted by atomic mass is 10.1. The smallest absolute Gasteiger partial charge is 0.261 e. The van der Waals surface area contributed by atoms with Crippen LogP contribution in [-0.4, -0.2) is 28.7 Å². The van der Waals surface area contributed by atoms with E-state index in [-0.39, 0.29) is 11.9 Å². The molecule has 1 unspecified atom stereocenters. The first-order chi connectivity index (χ1) is 11.7. The second kappa shape index (κ2) is 7.42. The lowest BCUT2D eigenvalue weighted by Crippen LogP contribution is -2.41.